The minimum absolute atomic E-state index is 0.165. The van der Waals surface area contributed by atoms with Gasteiger partial charge >= 0.3 is 12.1 Å². The number of ether oxygens (including phenoxy) is 2. The van der Waals surface area contributed by atoms with Crippen LogP contribution >= 0.6 is 11.8 Å². The van der Waals surface area contributed by atoms with Crippen LogP contribution in [-0.4, -0.2) is 76.4 Å². The number of alkyl carbamates (subject to hydrolysis) is 1. The molecule has 0 bridgehead atoms. The zero-order valence-electron chi connectivity index (χ0n) is 15.5. The van der Waals surface area contributed by atoms with Crippen LogP contribution in [0.25, 0.3) is 0 Å². The SMILES string of the molecule is COC(=O)CNC(=O)[C@@H]1CS[C@H]2[C@@H](O)C=C(NC(=O)OC(C)(C)C)C(=O)N12. The Kier molecular flexibility index (Phi) is 6.37. The Morgan fingerprint density at radius 1 is 1.37 bits per heavy atom. The van der Waals surface area contributed by atoms with Crippen LogP contribution in [0.2, 0.25) is 0 Å². The van der Waals surface area contributed by atoms with Crippen LogP contribution in [0.5, 0.6) is 0 Å². The highest BCUT2D eigenvalue weighted by atomic mass is 32.2. The summed E-state index contributed by atoms with van der Waals surface area (Å²) < 4.78 is 9.57. The number of esters is 1. The number of carbonyl (C=O) groups excluding carboxylic acids is 4. The number of rotatable bonds is 4. The second-order valence-corrected chi connectivity index (χ2v) is 8.09. The number of nitrogens with one attached hydrogen (secondary N) is 2. The van der Waals surface area contributed by atoms with Crippen LogP contribution in [0.4, 0.5) is 4.79 Å². The molecule has 0 spiro atoms. The van der Waals surface area contributed by atoms with Crippen LogP contribution in [0.1, 0.15) is 20.8 Å². The van der Waals surface area contributed by atoms with Crippen molar-refractivity contribution in [3.63, 3.8) is 0 Å². The Hall–Kier alpha value is -2.27. The van der Waals surface area contributed by atoms with Gasteiger partial charge in [0, 0.05) is 5.75 Å². The zero-order chi connectivity index (χ0) is 20.4. The number of hydrogen-bond donors (Lipinski definition) is 3. The van der Waals surface area contributed by atoms with E-state index < -0.39 is 47.0 Å². The fourth-order valence-electron chi connectivity index (χ4n) is 2.57. The summed E-state index contributed by atoms with van der Waals surface area (Å²) in [6, 6.07) is -0.893. The maximum Gasteiger partial charge on any atom is 0.412 e. The Bertz CT molecular complexity index is 673. The molecule has 0 saturated carbocycles. The van der Waals surface area contributed by atoms with Crippen molar-refractivity contribution in [3.05, 3.63) is 11.8 Å². The van der Waals surface area contributed by atoms with E-state index in [1.165, 1.54) is 29.8 Å². The Morgan fingerprint density at radius 3 is 2.63 bits per heavy atom. The van der Waals surface area contributed by atoms with E-state index in [0.29, 0.717) is 0 Å². The smallest absolute Gasteiger partial charge is 0.412 e. The topological polar surface area (TPSA) is 134 Å². The molecule has 0 aromatic heterocycles. The van der Waals surface area contributed by atoms with E-state index in [4.69, 9.17) is 4.74 Å². The van der Waals surface area contributed by atoms with Gasteiger partial charge < -0.3 is 24.8 Å². The van der Waals surface area contributed by atoms with Gasteiger partial charge in [-0.05, 0) is 26.8 Å². The van der Waals surface area contributed by atoms with E-state index in [1.807, 2.05) is 0 Å². The summed E-state index contributed by atoms with van der Waals surface area (Å²) in [6.07, 6.45) is -0.683. The number of methoxy groups -OCH3 is 1. The number of fused-ring (bicyclic) bond motifs is 1. The lowest BCUT2D eigenvalue weighted by atomic mass is 10.1. The predicted molar refractivity (Wildman–Crippen MR) is 95.4 cm³/mol. The highest BCUT2D eigenvalue weighted by Crippen LogP contribution is 2.35. The van der Waals surface area contributed by atoms with Gasteiger partial charge in [0.1, 0.15) is 35.4 Å². The number of nitrogens with zero attached hydrogens (tertiary/aromatic N) is 1. The lowest BCUT2D eigenvalue weighted by molar-refractivity contribution is -0.143. The standard InChI is InChI=1S/C16H23N3O7S/c1-16(2,3)26-15(24)18-8-5-10(20)14-19(13(8)23)9(7-27-14)12(22)17-6-11(21)25-4/h5,9-10,14,20H,6-7H2,1-4H3,(H,17,22)(H,18,24)/t9-,10-,14-/m0/s1. The largest absolute Gasteiger partial charge is 0.468 e. The highest BCUT2D eigenvalue weighted by molar-refractivity contribution is 8.00. The first kappa shape index (κ1) is 21.0. The Labute approximate surface area is 160 Å². The summed E-state index contributed by atoms with van der Waals surface area (Å²) in [5.41, 5.74) is -0.926. The number of hydrogen-bond acceptors (Lipinski definition) is 8. The number of thioether (sulfide) groups is 1. The first-order valence-electron chi connectivity index (χ1n) is 8.22. The molecule has 0 aliphatic carbocycles. The quantitative estimate of drug-likeness (QED) is 0.528. The van der Waals surface area contributed by atoms with Crippen molar-refractivity contribution < 1.29 is 33.8 Å². The van der Waals surface area contributed by atoms with E-state index >= 15 is 0 Å². The van der Waals surface area contributed by atoms with E-state index in [0.717, 1.165) is 0 Å². The molecule has 0 aromatic carbocycles. The summed E-state index contributed by atoms with van der Waals surface area (Å²) in [5, 5.41) is 14.3. The molecule has 2 aliphatic heterocycles. The van der Waals surface area contributed by atoms with Crippen LogP contribution in [-0.2, 0) is 23.9 Å². The minimum atomic E-state index is -1.07. The third-order valence-corrected chi connectivity index (χ3v) is 5.06. The van der Waals surface area contributed by atoms with E-state index in [-0.39, 0.29) is 18.0 Å². The summed E-state index contributed by atoms with van der Waals surface area (Å²) in [5.74, 6) is -1.54. The van der Waals surface area contributed by atoms with Gasteiger partial charge in [-0.25, -0.2) is 4.79 Å². The third kappa shape index (κ3) is 5.13. The van der Waals surface area contributed by atoms with Crippen LogP contribution in [0.3, 0.4) is 0 Å². The molecule has 3 amide bonds. The van der Waals surface area contributed by atoms with Gasteiger partial charge in [0.2, 0.25) is 5.91 Å². The van der Waals surface area contributed by atoms with E-state index in [9.17, 15) is 24.3 Å². The van der Waals surface area contributed by atoms with Crippen molar-refractivity contribution >= 4 is 35.6 Å². The summed E-state index contributed by atoms with van der Waals surface area (Å²) >= 11 is 1.24. The van der Waals surface area contributed by atoms with Crippen molar-refractivity contribution in [1.29, 1.82) is 0 Å². The van der Waals surface area contributed by atoms with Crippen LogP contribution in [0, 0.1) is 0 Å². The molecule has 10 nitrogen and oxygen atoms in total. The Balaban J connectivity index is 2.10. The van der Waals surface area contributed by atoms with Crippen molar-refractivity contribution in [2.75, 3.05) is 19.4 Å². The summed E-state index contributed by atoms with van der Waals surface area (Å²) in [6.45, 7) is 4.69. The molecule has 2 rings (SSSR count). The number of carbonyl (C=O) groups is 4. The third-order valence-electron chi connectivity index (χ3n) is 3.70. The second kappa shape index (κ2) is 8.17. The summed E-state index contributed by atoms with van der Waals surface area (Å²) in [4.78, 5) is 49.4. The fraction of sp³-hybridized carbons (Fsp3) is 0.625. The monoisotopic (exact) mass is 401 g/mol. The van der Waals surface area contributed by atoms with Gasteiger partial charge in [-0.2, -0.15) is 0 Å². The normalized spacial score (nSPS) is 24.6. The molecule has 150 valence electrons. The zero-order valence-corrected chi connectivity index (χ0v) is 16.3. The van der Waals surface area contributed by atoms with Gasteiger partial charge in [-0.1, -0.05) is 0 Å². The van der Waals surface area contributed by atoms with Crippen molar-refractivity contribution in [2.45, 2.75) is 43.9 Å². The highest BCUT2D eigenvalue weighted by Gasteiger charge is 2.48. The molecule has 2 aliphatic rings. The van der Waals surface area contributed by atoms with Gasteiger partial charge in [0.25, 0.3) is 5.91 Å². The molecule has 0 aromatic rings. The van der Waals surface area contributed by atoms with Crippen molar-refractivity contribution in [1.82, 2.24) is 15.5 Å². The lowest BCUT2D eigenvalue weighted by Gasteiger charge is -2.35. The van der Waals surface area contributed by atoms with Gasteiger partial charge in [0.05, 0.1) is 7.11 Å². The van der Waals surface area contributed by atoms with Crippen LogP contribution < -0.4 is 10.6 Å². The van der Waals surface area contributed by atoms with Gasteiger partial charge in [-0.15, -0.1) is 11.8 Å². The van der Waals surface area contributed by atoms with Gasteiger partial charge in [0.15, 0.2) is 0 Å². The lowest BCUT2D eigenvalue weighted by Crippen LogP contribution is -2.56. The Morgan fingerprint density at radius 2 is 2.04 bits per heavy atom. The predicted octanol–water partition coefficient (Wildman–Crippen LogP) is -0.671. The maximum absolute atomic E-state index is 12.8. The number of amides is 3. The molecule has 2 heterocycles. The molecule has 0 unspecified atom stereocenters. The molecule has 0 radical (unpaired) electrons. The molecule has 27 heavy (non-hydrogen) atoms. The summed E-state index contributed by atoms with van der Waals surface area (Å²) in [7, 11) is 1.19. The molecule has 3 atom stereocenters. The molecular weight excluding hydrogens is 378 g/mol. The van der Waals surface area contributed by atoms with Crippen molar-refractivity contribution in [2.24, 2.45) is 0 Å². The maximum atomic E-state index is 12.8. The van der Waals surface area contributed by atoms with Crippen molar-refractivity contribution in [3.8, 4) is 0 Å². The number of aliphatic hydroxyl groups is 1. The first-order chi connectivity index (χ1) is 12.5. The van der Waals surface area contributed by atoms with Crippen LogP contribution in [0.15, 0.2) is 11.8 Å². The van der Waals surface area contributed by atoms with Gasteiger partial charge in [-0.3, -0.25) is 19.7 Å². The van der Waals surface area contributed by atoms with E-state index in [2.05, 4.69) is 15.4 Å². The number of aliphatic hydroxyl groups excluding tert-OH is 1. The fourth-order valence-corrected chi connectivity index (χ4v) is 3.94. The average molecular weight is 401 g/mol. The second-order valence-electron chi connectivity index (χ2n) is 6.94. The van der Waals surface area contributed by atoms with E-state index in [1.54, 1.807) is 20.8 Å². The molecule has 1 fully saturated rings. The molecular formula is C16H23N3O7S. The average Bonchev–Trinajstić information content (AvgIpc) is 3.01. The minimum Gasteiger partial charge on any atom is -0.468 e. The molecule has 11 heteroatoms. The molecule has 3 N–H and O–H groups in total. The molecule has 1 saturated heterocycles. The first-order valence-corrected chi connectivity index (χ1v) is 9.27.